The minimum absolute atomic E-state index is 0.444. The van der Waals surface area contributed by atoms with Crippen molar-refractivity contribution in [3.8, 4) is 0 Å². The Bertz CT molecular complexity index is 296. The maximum absolute atomic E-state index is 6.01. The molecule has 1 aromatic rings. The standard InChI is InChI=1S/C10H16ClN3/c1-7(9-5-3-4-6-9)14-8(2)12-13-10(14)11/h7,9H,3-6H2,1-2H3. The Morgan fingerprint density at radius 1 is 1.36 bits per heavy atom. The molecule has 14 heavy (non-hydrogen) atoms. The van der Waals surface area contributed by atoms with E-state index in [2.05, 4.69) is 21.7 Å². The average molecular weight is 214 g/mol. The third-order valence-corrected chi connectivity index (χ3v) is 3.57. The van der Waals surface area contributed by atoms with Crippen LogP contribution >= 0.6 is 11.6 Å². The van der Waals surface area contributed by atoms with E-state index in [0.29, 0.717) is 11.3 Å². The van der Waals surface area contributed by atoms with Crippen molar-refractivity contribution in [2.45, 2.75) is 45.6 Å². The maximum Gasteiger partial charge on any atom is 0.225 e. The van der Waals surface area contributed by atoms with Gasteiger partial charge in [-0.25, -0.2) is 0 Å². The summed E-state index contributed by atoms with van der Waals surface area (Å²) in [7, 11) is 0. The summed E-state index contributed by atoms with van der Waals surface area (Å²) in [5.41, 5.74) is 0. The minimum Gasteiger partial charge on any atom is -0.299 e. The molecule has 1 atom stereocenters. The molecule has 0 aromatic carbocycles. The monoisotopic (exact) mass is 213 g/mol. The van der Waals surface area contributed by atoms with Crippen LogP contribution in [0.25, 0.3) is 0 Å². The molecule has 0 radical (unpaired) electrons. The average Bonchev–Trinajstić information content (AvgIpc) is 2.75. The first-order valence-corrected chi connectivity index (χ1v) is 5.65. The van der Waals surface area contributed by atoms with Crippen molar-refractivity contribution in [1.29, 1.82) is 0 Å². The molecule has 0 bridgehead atoms. The minimum atomic E-state index is 0.444. The van der Waals surface area contributed by atoms with E-state index >= 15 is 0 Å². The molecule has 2 rings (SSSR count). The molecule has 0 amide bonds. The van der Waals surface area contributed by atoms with Crippen LogP contribution in [0.15, 0.2) is 0 Å². The van der Waals surface area contributed by atoms with E-state index in [1.165, 1.54) is 25.7 Å². The van der Waals surface area contributed by atoms with E-state index in [1.807, 2.05) is 6.92 Å². The van der Waals surface area contributed by atoms with Gasteiger partial charge in [-0.2, -0.15) is 0 Å². The van der Waals surface area contributed by atoms with Gasteiger partial charge in [0, 0.05) is 6.04 Å². The quantitative estimate of drug-likeness (QED) is 0.756. The number of hydrogen-bond acceptors (Lipinski definition) is 2. The molecule has 1 fully saturated rings. The molecule has 3 nitrogen and oxygen atoms in total. The lowest BCUT2D eigenvalue weighted by Crippen LogP contribution is -2.15. The molecule has 1 saturated carbocycles. The van der Waals surface area contributed by atoms with Gasteiger partial charge in [-0.3, -0.25) is 4.57 Å². The van der Waals surface area contributed by atoms with Crippen LogP contribution in [0.2, 0.25) is 5.28 Å². The Labute approximate surface area is 89.5 Å². The molecule has 0 aliphatic heterocycles. The summed E-state index contributed by atoms with van der Waals surface area (Å²) in [6.45, 7) is 4.18. The van der Waals surface area contributed by atoms with Crippen LogP contribution < -0.4 is 0 Å². The van der Waals surface area contributed by atoms with E-state index in [0.717, 1.165) is 11.7 Å². The summed E-state index contributed by atoms with van der Waals surface area (Å²) < 4.78 is 2.05. The number of hydrogen-bond donors (Lipinski definition) is 0. The van der Waals surface area contributed by atoms with Gasteiger partial charge in [-0.1, -0.05) is 12.8 Å². The van der Waals surface area contributed by atoms with Crippen molar-refractivity contribution < 1.29 is 0 Å². The zero-order valence-electron chi connectivity index (χ0n) is 8.70. The van der Waals surface area contributed by atoms with Crippen molar-refractivity contribution in [2.75, 3.05) is 0 Å². The smallest absolute Gasteiger partial charge is 0.225 e. The van der Waals surface area contributed by atoms with Crippen LogP contribution in [0.4, 0.5) is 0 Å². The van der Waals surface area contributed by atoms with E-state index in [9.17, 15) is 0 Å². The first-order chi connectivity index (χ1) is 6.70. The lowest BCUT2D eigenvalue weighted by Gasteiger charge is -2.21. The highest BCUT2D eigenvalue weighted by Gasteiger charge is 2.25. The predicted octanol–water partition coefficient (Wildman–Crippen LogP) is 2.99. The highest BCUT2D eigenvalue weighted by atomic mass is 35.5. The summed E-state index contributed by atoms with van der Waals surface area (Å²) in [5, 5.41) is 8.41. The van der Waals surface area contributed by atoms with Gasteiger partial charge in [-0.15, -0.1) is 10.2 Å². The lowest BCUT2D eigenvalue weighted by molar-refractivity contribution is 0.355. The van der Waals surface area contributed by atoms with Crippen LogP contribution in [0.1, 0.15) is 44.5 Å². The van der Waals surface area contributed by atoms with Crippen molar-refractivity contribution in [2.24, 2.45) is 5.92 Å². The molecule has 78 valence electrons. The number of rotatable bonds is 2. The van der Waals surface area contributed by atoms with Gasteiger partial charge in [0.15, 0.2) is 0 Å². The normalized spacial score (nSPS) is 20.2. The van der Waals surface area contributed by atoms with Gasteiger partial charge >= 0.3 is 0 Å². The fourth-order valence-corrected chi connectivity index (χ4v) is 2.77. The number of aromatic nitrogens is 3. The Kier molecular flexibility index (Phi) is 2.77. The summed E-state index contributed by atoms with van der Waals surface area (Å²) in [6.07, 6.45) is 5.34. The highest BCUT2D eigenvalue weighted by molar-refractivity contribution is 6.28. The Morgan fingerprint density at radius 3 is 2.50 bits per heavy atom. The zero-order chi connectivity index (χ0) is 10.1. The van der Waals surface area contributed by atoms with Crippen LogP contribution in [0.3, 0.4) is 0 Å². The van der Waals surface area contributed by atoms with E-state index < -0.39 is 0 Å². The first-order valence-electron chi connectivity index (χ1n) is 5.27. The second-order valence-corrected chi connectivity index (χ2v) is 4.51. The molecule has 1 aliphatic rings. The third kappa shape index (κ3) is 1.65. The van der Waals surface area contributed by atoms with E-state index in [-0.39, 0.29) is 0 Å². The molecule has 1 aliphatic carbocycles. The maximum atomic E-state index is 6.01. The van der Waals surface area contributed by atoms with E-state index in [4.69, 9.17) is 11.6 Å². The van der Waals surface area contributed by atoms with Crippen molar-refractivity contribution in [3.05, 3.63) is 11.1 Å². The lowest BCUT2D eigenvalue weighted by atomic mass is 10.00. The van der Waals surface area contributed by atoms with E-state index in [1.54, 1.807) is 0 Å². The summed E-state index contributed by atoms with van der Waals surface area (Å²) in [6, 6.07) is 0.444. The molecular weight excluding hydrogens is 198 g/mol. The topological polar surface area (TPSA) is 30.7 Å². The summed E-state index contributed by atoms with van der Waals surface area (Å²) >= 11 is 6.01. The molecule has 0 spiro atoms. The summed E-state index contributed by atoms with van der Waals surface area (Å²) in [5.74, 6) is 1.68. The van der Waals surface area contributed by atoms with Gasteiger partial charge in [-0.05, 0) is 44.2 Å². The van der Waals surface area contributed by atoms with Gasteiger partial charge in [0.2, 0.25) is 5.28 Å². The molecular formula is C10H16ClN3. The number of aryl methyl sites for hydroxylation is 1. The molecule has 1 aromatic heterocycles. The largest absolute Gasteiger partial charge is 0.299 e. The van der Waals surface area contributed by atoms with Crippen LogP contribution in [0, 0.1) is 12.8 Å². The van der Waals surface area contributed by atoms with Crippen molar-refractivity contribution in [1.82, 2.24) is 14.8 Å². The second kappa shape index (κ2) is 3.89. The van der Waals surface area contributed by atoms with Gasteiger partial charge in [0.1, 0.15) is 5.82 Å². The van der Waals surface area contributed by atoms with Gasteiger partial charge in [0.25, 0.3) is 0 Å². The number of nitrogens with zero attached hydrogens (tertiary/aromatic N) is 3. The van der Waals surface area contributed by atoms with Crippen LogP contribution in [0.5, 0.6) is 0 Å². The van der Waals surface area contributed by atoms with Gasteiger partial charge in [0.05, 0.1) is 0 Å². The second-order valence-electron chi connectivity index (χ2n) is 4.17. The Morgan fingerprint density at radius 2 is 2.00 bits per heavy atom. The Balaban J connectivity index is 2.21. The Hall–Kier alpha value is -0.570. The van der Waals surface area contributed by atoms with Crippen molar-refractivity contribution >= 4 is 11.6 Å². The summed E-state index contributed by atoms with van der Waals surface area (Å²) in [4.78, 5) is 0. The molecule has 1 unspecified atom stereocenters. The predicted molar refractivity (Wildman–Crippen MR) is 56.4 cm³/mol. The highest BCUT2D eigenvalue weighted by Crippen LogP contribution is 2.35. The molecule has 1 heterocycles. The third-order valence-electron chi connectivity index (χ3n) is 3.31. The molecule has 0 N–H and O–H groups in total. The van der Waals surface area contributed by atoms with Crippen molar-refractivity contribution in [3.63, 3.8) is 0 Å². The number of halogens is 1. The van der Waals surface area contributed by atoms with Crippen LogP contribution in [-0.4, -0.2) is 14.8 Å². The first kappa shape index (κ1) is 9.97. The molecule has 0 saturated heterocycles. The SMILES string of the molecule is Cc1nnc(Cl)n1C(C)C1CCCC1. The molecule has 4 heteroatoms. The van der Waals surface area contributed by atoms with Gasteiger partial charge < -0.3 is 0 Å². The fraction of sp³-hybridized carbons (Fsp3) is 0.800. The van der Waals surface area contributed by atoms with Crippen LogP contribution in [-0.2, 0) is 0 Å². The zero-order valence-corrected chi connectivity index (χ0v) is 9.46. The fourth-order valence-electron chi connectivity index (χ4n) is 2.46.